The van der Waals surface area contributed by atoms with Crippen LogP contribution >= 0.6 is 0 Å². The van der Waals surface area contributed by atoms with Crippen molar-refractivity contribution in [2.24, 2.45) is 0 Å². The molecular formula is C16H23NO4S. The van der Waals surface area contributed by atoms with Gasteiger partial charge in [-0.05, 0) is 31.4 Å². The summed E-state index contributed by atoms with van der Waals surface area (Å²) in [6, 6.07) is 6.97. The van der Waals surface area contributed by atoms with E-state index < -0.39 is 15.8 Å². The van der Waals surface area contributed by atoms with Crippen molar-refractivity contribution in [3.8, 4) is 0 Å². The summed E-state index contributed by atoms with van der Waals surface area (Å²) in [6.45, 7) is 2.50. The van der Waals surface area contributed by atoms with Crippen LogP contribution in [0, 0.1) is 6.92 Å². The lowest BCUT2D eigenvalue weighted by molar-refractivity contribution is -0.186. The van der Waals surface area contributed by atoms with Gasteiger partial charge in [0.2, 0.25) is 10.0 Å². The van der Waals surface area contributed by atoms with Gasteiger partial charge in [0, 0.05) is 19.4 Å². The first kappa shape index (κ1) is 15.9. The van der Waals surface area contributed by atoms with Gasteiger partial charge in [-0.3, -0.25) is 0 Å². The van der Waals surface area contributed by atoms with Gasteiger partial charge in [-0.25, -0.2) is 13.1 Å². The lowest BCUT2D eigenvalue weighted by Gasteiger charge is -2.31. The molecule has 122 valence electrons. The molecule has 1 atom stereocenters. The summed E-state index contributed by atoms with van der Waals surface area (Å²) in [5.74, 6) is -0.461. The summed E-state index contributed by atoms with van der Waals surface area (Å²) in [5.41, 5.74) is 0.738. The van der Waals surface area contributed by atoms with E-state index in [1.54, 1.807) is 25.1 Å². The molecule has 3 rings (SSSR count). The van der Waals surface area contributed by atoms with E-state index in [1.807, 2.05) is 6.07 Å². The van der Waals surface area contributed by atoms with Crippen molar-refractivity contribution < 1.29 is 17.9 Å². The number of hydrogen-bond acceptors (Lipinski definition) is 4. The van der Waals surface area contributed by atoms with Crippen LogP contribution in [0.5, 0.6) is 0 Å². The average molecular weight is 325 g/mol. The Balaban J connectivity index is 1.60. The fraction of sp³-hybridized carbons (Fsp3) is 0.625. The predicted molar refractivity (Wildman–Crippen MR) is 83.0 cm³/mol. The van der Waals surface area contributed by atoms with Crippen LogP contribution < -0.4 is 4.72 Å². The molecule has 1 aromatic rings. The third-order valence-electron chi connectivity index (χ3n) is 4.41. The van der Waals surface area contributed by atoms with E-state index in [2.05, 4.69) is 4.72 Å². The summed E-state index contributed by atoms with van der Waals surface area (Å²) < 4.78 is 39.2. The monoisotopic (exact) mass is 325 g/mol. The summed E-state index contributed by atoms with van der Waals surface area (Å²) in [7, 11) is -3.51. The van der Waals surface area contributed by atoms with E-state index in [0.29, 0.717) is 11.5 Å². The molecule has 2 fully saturated rings. The minimum atomic E-state index is -3.51. The molecule has 1 N–H and O–H groups in total. The zero-order valence-corrected chi connectivity index (χ0v) is 13.7. The fourth-order valence-corrected chi connectivity index (χ4v) is 4.52. The largest absolute Gasteiger partial charge is 0.347 e. The van der Waals surface area contributed by atoms with Crippen molar-refractivity contribution in [3.05, 3.63) is 29.8 Å². The maximum atomic E-state index is 12.4. The molecule has 1 aromatic carbocycles. The Morgan fingerprint density at radius 1 is 1.23 bits per heavy atom. The Labute approximate surface area is 132 Å². The molecular weight excluding hydrogens is 302 g/mol. The number of sulfonamides is 1. The van der Waals surface area contributed by atoms with Crippen molar-refractivity contribution in [1.29, 1.82) is 0 Å². The van der Waals surface area contributed by atoms with Crippen LogP contribution in [0.2, 0.25) is 0 Å². The first-order valence-electron chi connectivity index (χ1n) is 7.88. The van der Waals surface area contributed by atoms with Gasteiger partial charge in [-0.15, -0.1) is 0 Å². The van der Waals surface area contributed by atoms with Crippen molar-refractivity contribution in [2.75, 3.05) is 13.2 Å². The van der Waals surface area contributed by atoms with E-state index in [4.69, 9.17) is 9.47 Å². The molecule has 1 aliphatic heterocycles. The highest BCUT2D eigenvalue weighted by Gasteiger charge is 2.42. The van der Waals surface area contributed by atoms with Gasteiger partial charge in [0.25, 0.3) is 0 Å². The highest BCUT2D eigenvalue weighted by molar-refractivity contribution is 7.89. The van der Waals surface area contributed by atoms with Crippen LogP contribution in [0.15, 0.2) is 29.2 Å². The number of rotatable bonds is 4. The molecule has 1 aliphatic carbocycles. The lowest BCUT2D eigenvalue weighted by atomic mass is 9.94. The van der Waals surface area contributed by atoms with Crippen LogP contribution in [-0.4, -0.2) is 33.5 Å². The zero-order chi connectivity index (χ0) is 15.6. The summed E-state index contributed by atoms with van der Waals surface area (Å²) in [5, 5.41) is 0. The zero-order valence-electron chi connectivity index (χ0n) is 12.9. The standard InChI is InChI=1S/C16H23NO4S/c1-13-7-3-4-8-15(13)22(18,19)17-11-14-12-20-16(21-14)9-5-2-6-10-16/h3-4,7-8,14,17H,2,5-6,9-12H2,1H3/t14-/m0/s1. The normalized spacial score (nSPS) is 24.7. The van der Waals surface area contributed by atoms with Crippen molar-refractivity contribution >= 4 is 10.0 Å². The molecule has 6 heteroatoms. The van der Waals surface area contributed by atoms with Gasteiger partial charge >= 0.3 is 0 Å². The Bertz CT molecular complexity index is 623. The van der Waals surface area contributed by atoms with Gasteiger partial charge in [0.05, 0.1) is 17.6 Å². The molecule has 0 radical (unpaired) electrons. The number of ether oxygens (including phenoxy) is 2. The number of nitrogens with one attached hydrogen (secondary N) is 1. The maximum Gasteiger partial charge on any atom is 0.240 e. The van der Waals surface area contributed by atoms with Crippen LogP contribution in [-0.2, 0) is 19.5 Å². The summed E-state index contributed by atoms with van der Waals surface area (Å²) >= 11 is 0. The van der Waals surface area contributed by atoms with E-state index in [0.717, 1.165) is 31.2 Å². The van der Waals surface area contributed by atoms with Gasteiger partial charge in [0.1, 0.15) is 0 Å². The Hall–Kier alpha value is -0.950. The van der Waals surface area contributed by atoms with Crippen LogP contribution in [0.3, 0.4) is 0 Å². The molecule has 1 saturated heterocycles. The fourth-order valence-electron chi connectivity index (χ4n) is 3.21. The molecule has 1 spiro atoms. The first-order valence-corrected chi connectivity index (χ1v) is 9.36. The van der Waals surface area contributed by atoms with Gasteiger partial charge < -0.3 is 9.47 Å². The van der Waals surface area contributed by atoms with Crippen molar-refractivity contribution in [3.63, 3.8) is 0 Å². The molecule has 0 amide bonds. The van der Waals surface area contributed by atoms with Crippen molar-refractivity contribution in [2.45, 2.75) is 55.8 Å². The lowest BCUT2D eigenvalue weighted by Crippen LogP contribution is -2.37. The molecule has 5 nitrogen and oxygen atoms in total. The molecule has 0 aromatic heterocycles. The Morgan fingerprint density at radius 3 is 2.68 bits per heavy atom. The second-order valence-electron chi connectivity index (χ2n) is 6.14. The maximum absolute atomic E-state index is 12.4. The third kappa shape index (κ3) is 3.35. The third-order valence-corrected chi connectivity index (χ3v) is 6.00. The van der Waals surface area contributed by atoms with Crippen LogP contribution in [0.25, 0.3) is 0 Å². The van der Waals surface area contributed by atoms with Crippen molar-refractivity contribution in [1.82, 2.24) is 4.72 Å². The number of benzene rings is 1. The summed E-state index contributed by atoms with van der Waals surface area (Å²) in [6.07, 6.45) is 5.06. The highest BCUT2D eigenvalue weighted by atomic mass is 32.2. The summed E-state index contributed by atoms with van der Waals surface area (Å²) in [4.78, 5) is 0.321. The molecule has 1 saturated carbocycles. The predicted octanol–water partition coefficient (Wildman–Crippen LogP) is 2.35. The number of hydrogen-bond donors (Lipinski definition) is 1. The molecule has 0 bridgehead atoms. The van der Waals surface area contributed by atoms with E-state index >= 15 is 0 Å². The minimum Gasteiger partial charge on any atom is -0.347 e. The smallest absolute Gasteiger partial charge is 0.240 e. The highest BCUT2D eigenvalue weighted by Crippen LogP contribution is 2.37. The molecule has 0 unspecified atom stereocenters. The van der Waals surface area contributed by atoms with E-state index in [1.165, 1.54) is 6.42 Å². The quantitative estimate of drug-likeness (QED) is 0.923. The topological polar surface area (TPSA) is 64.6 Å². The average Bonchev–Trinajstić information content (AvgIpc) is 2.89. The molecule has 1 heterocycles. The molecule has 2 aliphatic rings. The second-order valence-corrected chi connectivity index (χ2v) is 7.87. The van der Waals surface area contributed by atoms with Gasteiger partial charge in [0.15, 0.2) is 5.79 Å². The molecule has 22 heavy (non-hydrogen) atoms. The van der Waals surface area contributed by atoms with Gasteiger partial charge in [-0.2, -0.15) is 0 Å². The Morgan fingerprint density at radius 2 is 1.95 bits per heavy atom. The van der Waals surface area contributed by atoms with E-state index in [9.17, 15) is 8.42 Å². The Kier molecular flexibility index (Phi) is 4.54. The second kappa shape index (κ2) is 6.28. The number of aryl methyl sites for hydroxylation is 1. The van der Waals surface area contributed by atoms with E-state index in [-0.39, 0.29) is 12.6 Å². The van der Waals surface area contributed by atoms with Crippen LogP contribution in [0.1, 0.15) is 37.7 Å². The first-order chi connectivity index (χ1) is 10.5. The van der Waals surface area contributed by atoms with Crippen LogP contribution in [0.4, 0.5) is 0 Å². The minimum absolute atomic E-state index is 0.211. The van der Waals surface area contributed by atoms with Gasteiger partial charge in [-0.1, -0.05) is 24.6 Å². The SMILES string of the molecule is Cc1ccccc1S(=O)(=O)NC[C@H]1COC2(CCCCC2)O1.